The number of hydrogen-bond donors (Lipinski definition) is 0. The number of rotatable bonds is 2. The Balaban J connectivity index is 2.18. The summed E-state index contributed by atoms with van der Waals surface area (Å²) in [6, 6.07) is 3.34. The van der Waals surface area contributed by atoms with E-state index in [9.17, 15) is 4.79 Å². The van der Waals surface area contributed by atoms with Gasteiger partial charge >= 0.3 is 6.09 Å². The second kappa shape index (κ2) is 4.24. The van der Waals surface area contributed by atoms with Crippen molar-refractivity contribution < 1.29 is 9.53 Å². The minimum atomic E-state index is -0.421. The highest BCUT2D eigenvalue weighted by Crippen LogP contribution is 2.21. The van der Waals surface area contributed by atoms with E-state index in [1.165, 1.54) is 11.1 Å². The Kier molecular flexibility index (Phi) is 2.98. The third kappa shape index (κ3) is 2.16. The van der Waals surface area contributed by atoms with Gasteiger partial charge in [0.25, 0.3) is 0 Å². The second-order valence-electron chi connectivity index (χ2n) is 3.11. The highest BCUT2D eigenvalue weighted by atomic mass is 35.5. The molecule has 6 heteroatoms. The lowest BCUT2D eigenvalue weighted by Gasteiger charge is -2.10. The lowest BCUT2D eigenvalue weighted by atomic mass is 10.4. The number of halogens is 2. The number of nitrogens with zero attached hydrogens (tertiary/aromatic N) is 2. The maximum atomic E-state index is 11.4. The first-order valence-electron chi connectivity index (χ1n) is 4.36. The Morgan fingerprint density at radius 1 is 1.60 bits per heavy atom. The van der Waals surface area contributed by atoms with Crippen LogP contribution in [0.5, 0.6) is 0 Å². The molecule has 1 atom stereocenters. The standard InChI is InChI=1S/C9H8Cl2N2O2/c10-3-7-5-13(9(14)15-7)8-2-1-6(11)4-12-8/h1-2,4,7H,3,5H2/t7-/m0/s1. The predicted octanol–water partition coefficient (Wildman–Crippen LogP) is 2.30. The van der Waals surface area contributed by atoms with Crippen LogP contribution in [-0.4, -0.2) is 29.6 Å². The first-order valence-corrected chi connectivity index (χ1v) is 5.27. The van der Waals surface area contributed by atoms with E-state index in [0.29, 0.717) is 17.4 Å². The van der Waals surface area contributed by atoms with Gasteiger partial charge in [0.15, 0.2) is 0 Å². The number of hydrogen-bond acceptors (Lipinski definition) is 3. The van der Waals surface area contributed by atoms with Crippen molar-refractivity contribution in [3.8, 4) is 0 Å². The number of ether oxygens (including phenoxy) is 1. The number of aromatic nitrogens is 1. The molecule has 0 saturated carbocycles. The number of anilines is 1. The lowest BCUT2D eigenvalue weighted by Crippen LogP contribution is -2.25. The first-order chi connectivity index (χ1) is 7.20. The minimum absolute atomic E-state index is 0.267. The van der Waals surface area contributed by atoms with Crippen LogP contribution in [0, 0.1) is 0 Å². The van der Waals surface area contributed by atoms with Crippen molar-refractivity contribution in [1.29, 1.82) is 0 Å². The fraction of sp³-hybridized carbons (Fsp3) is 0.333. The van der Waals surface area contributed by atoms with Crippen LogP contribution in [-0.2, 0) is 4.74 Å². The Hall–Kier alpha value is -1.00. The zero-order valence-corrected chi connectivity index (χ0v) is 9.20. The van der Waals surface area contributed by atoms with Crippen LogP contribution in [0.25, 0.3) is 0 Å². The van der Waals surface area contributed by atoms with E-state index in [-0.39, 0.29) is 12.0 Å². The van der Waals surface area contributed by atoms with Gasteiger partial charge in [-0.1, -0.05) is 11.6 Å². The molecule has 1 saturated heterocycles. The number of alkyl halides is 1. The molecule has 15 heavy (non-hydrogen) atoms. The molecular weight excluding hydrogens is 239 g/mol. The second-order valence-corrected chi connectivity index (χ2v) is 3.85. The van der Waals surface area contributed by atoms with Crippen LogP contribution in [0.3, 0.4) is 0 Å². The van der Waals surface area contributed by atoms with Crippen molar-refractivity contribution in [1.82, 2.24) is 4.98 Å². The molecule has 1 aliphatic heterocycles. The van der Waals surface area contributed by atoms with Crippen molar-refractivity contribution >= 4 is 35.1 Å². The van der Waals surface area contributed by atoms with E-state index in [4.69, 9.17) is 27.9 Å². The number of pyridine rings is 1. The van der Waals surface area contributed by atoms with Crippen LogP contribution in [0.1, 0.15) is 0 Å². The molecule has 0 bridgehead atoms. The van der Waals surface area contributed by atoms with Crippen LogP contribution < -0.4 is 4.90 Å². The Morgan fingerprint density at radius 2 is 2.40 bits per heavy atom. The number of cyclic esters (lactones) is 1. The zero-order chi connectivity index (χ0) is 10.8. The SMILES string of the molecule is O=C1O[C@@H](CCl)CN1c1ccc(Cl)cn1. The van der Waals surface area contributed by atoms with Crippen molar-refractivity contribution in [2.24, 2.45) is 0 Å². The average molecular weight is 247 g/mol. The molecule has 0 N–H and O–H groups in total. The van der Waals surface area contributed by atoms with Crippen LogP contribution in [0.2, 0.25) is 5.02 Å². The summed E-state index contributed by atoms with van der Waals surface area (Å²) < 4.78 is 4.99. The van der Waals surface area contributed by atoms with Crippen LogP contribution in [0.4, 0.5) is 10.6 Å². The fourth-order valence-corrected chi connectivity index (χ4v) is 1.59. The summed E-state index contributed by atoms with van der Waals surface area (Å²) in [7, 11) is 0. The molecule has 1 fully saturated rings. The molecule has 1 aromatic heterocycles. The minimum Gasteiger partial charge on any atom is -0.443 e. The number of carbonyl (C=O) groups excluding carboxylic acids is 1. The summed E-state index contributed by atoms with van der Waals surface area (Å²) in [5.41, 5.74) is 0. The zero-order valence-electron chi connectivity index (χ0n) is 7.69. The topological polar surface area (TPSA) is 42.4 Å². The summed E-state index contributed by atoms with van der Waals surface area (Å²) >= 11 is 11.3. The monoisotopic (exact) mass is 246 g/mol. The Labute approximate surface area is 96.7 Å². The maximum Gasteiger partial charge on any atom is 0.415 e. The lowest BCUT2D eigenvalue weighted by molar-refractivity contribution is 0.151. The predicted molar refractivity (Wildman–Crippen MR) is 57.6 cm³/mol. The number of amides is 1. The van der Waals surface area contributed by atoms with E-state index < -0.39 is 6.09 Å². The van der Waals surface area contributed by atoms with Gasteiger partial charge in [-0.15, -0.1) is 11.6 Å². The molecule has 2 rings (SSSR count). The molecule has 0 unspecified atom stereocenters. The van der Waals surface area contributed by atoms with E-state index in [2.05, 4.69) is 4.98 Å². The molecule has 4 nitrogen and oxygen atoms in total. The third-order valence-corrected chi connectivity index (χ3v) is 2.60. The van der Waals surface area contributed by atoms with E-state index in [1.807, 2.05) is 0 Å². The first kappa shape index (κ1) is 10.5. The smallest absolute Gasteiger partial charge is 0.415 e. The van der Waals surface area contributed by atoms with Gasteiger partial charge in [-0.2, -0.15) is 0 Å². The fourth-order valence-electron chi connectivity index (χ4n) is 1.32. The quantitative estimate of drug-likeness (QED) is 0.753. The summed E-state index contributed by atoms with van der Waals surface area (Å²) in [5.74, 6) is 0.813. The molecule has 1 amide bonds. The van der Waals surface area contributed by atoms with Crippen molar-refractivity contribution in [3.63, 3.8) is 0 Å². The largest absolute Gasteiger partial charge is 0.443 e. The molecular formula is C9H8Cl2N2O2. The molecule has 1 aliphatic rings. The van der Waals surface area contributed by atoms with E-state index >= 15 is 0 Å². The summed E-state index contributed by atoms with van der Waals surface area (Å²) in [6.07, 6.45) is 0.796. The van der Waals surface area contributed by atoms with Crippen LogP contribution in [0.15, 0.2) is 18.3 Å². The van der Waals surface area contributed by atoms with E-state index in [0.717, 1.165) is 0 Å². The molecule has 1 aromatic rings. The van der Waals surface area contributed by atoms with Crippen LogP contribution >= 0.6 is 23.2 Å². The van der Waals surface area contributed by atoms with Gasteiger partial charge in [-0.25, -0.2) is 9.78 Å². The van der Waals surface area contributed by atoms with Gasteiger partial charge in [0.1, 0.15) is 11.9 Å². The highest BCUT2D eigenvalue weighted by Gasteiger charge is 2.32. The van der Waals surface area contributed by atoms with Crippen molar-refractivity contribution in [2.75, 3.05) is 17.3 Å². The van der Waals surface area contributed by atoms with Gasteiger partial charge < -0.3 is 4.74 Å². The Morgan fingerprint density at radius 3 is 2.93 bits per heavy atom. The summed E-state index contributed by atoms with van der Waals surface area (Å²) in [5, 5.41) is 0.528. The molecule has 0 radical (unpaired) electrons. The number of carbonyl (C=O) groups is 1. The highest BCUT2D eigenvalue weighted by molar-refractivity contribution is 6.30. The van der Waals surface area contributed by atoms with Gasteiger partial charge in [-0.05, 0) is 12.1 Å². The summed E-state index contributed by atoms with van der Waals surface area (Å²) in [6.45, 7) is 0.428. The molecule has 0 spiro atoms. The third-order valence-electron chi connectivity index (χ3n) is 2.03. The van der Waals surface area contributed by atoms with Gasteiger partial charge in [0.05, 0.1) is 17.4 Å². The van der Waals surface area contributed by atoms with Gasteiger partial charge in [0, 0.05) is 6.20 Å². The summed E-state index contributed by atoms with van der Waals surface area (Å²) in [4.78, 5) is 16.9. The maximum absolute atomic E-state index is 11.4. The average Bonchev–Trinajstić information content (AvgIpc) is 2.61. The molecule has 2 heterocycles. The van der Waals surface area contributed by atoms with Gasteiger partial charge in [-0.3, -0.25) is 4.90 Å². The Bertz CT molecular complexity index is 369. The van der Waals surface area contributed by atoms with E-state index in [1.54, 1.807) is 12.1 Å². The van der Waals surface area contributed by atoms with Crippen molar-refractivity contribution in [3.05, 3.63) is 23.4 Å². The normalized spacial score (nSPS) is 20.5. The molecule has 0 aliphatic carbocycles. The van der Waals surface area contributed by atoms with Gasteiger partial charge in [0.2, 0.25) is 0 Å². The molecule has 0 aromatic carbocycles. The van der Waals surface area contributed by atoms with Crippen molar-refractivity contribution in [2.45, 2.75) is 6.10 Å². The molecule has 80 valence electrons.